The molecule has 0 spiro atoms. The SMILES string of the molecule is CCOC(=O)C1(COC)CC1CCN(C(C)C)C(C)C. The lowest BCUT2D eigenvalue weighted by atomic mass is 10.0. The minimum absolute atomic E-state index is 0.0764. The number of hydrogen-bond acceptors (Lipinski definition) is 4. The van der Waals surface area contributed by atoms with E-state index in [1.54, 1.807) is 7.11 Å². The molecule has 1 saturated carbocycles. The van der Waals surface area contributed by atoms with Gasteiger partial charge >= 0.3 is 5.97 Å². The fourth-order valence-corrected chi connectivity index (χ4v) is 3.19. The first kappa shape index (κ1) is 17.4. The van der Waals surface area contributed by atoms with Gasteiger partial charge in [-0.3, -0.25) is 9.69 Å². The largest absolute Gasteiger partial charge is 0.465 e. The van der Waals surface area contributed by atoms with Gasteiger partial charge in [0.25, 0.3) is 0 Å². The molecule has 4 heteroatoms. The van der Waals surface area contributed by atoms with Gasteiger partial charge in [0.2, 0.25) is 0 Å². The molecule has 0 aliphatic heterocycles. The van der Waals surface area contributed by atoms with E-state index in [0.29, 0.717) is 31.2 Å². The second-order valence-corrected chi connectivity index (χ2v) is 6.42. The molecule has 0 bridgehead atoms. The summed E-state index contributed by atoms with van der Waals surface area (Å²) in [5.74, 6) is 0.328. The highest BCUT2D eigenvalue weighted by molar-refractivity contribution is 5.80. The molecule has 0 radical (unpaired) electrons. The Morgan fingerprint density at radius 2 is 1.90 bits per heavy atom. The van der Waals surface area contributed by atoms with E-state index in [-0.39, 0.29) is 11.4 Å². The number of hydrogen-bond donors (Lipinski definition) is 0. The number of methoxy groups -OCH3 is 1. The first-order chi connectivity index (χ1) is 9.39. The molecular weight excluding hydrogens is 254 g/mol. The second kappa shape index (κ2) is 7.41. The lowest BCUT2D eigenvalue weighted by molar-refractivity contribution is -0.152. The number of carbonyl (C=O) groups is 1. The van der Waals surface area contributed by atoms with E-state index in [1.807, 2.05) is 6.92 Å². The Morgan fingerprint density at radius 3 is 2.35 bits per heavy atom. The summed E-state index contributed by atoms with van der Waals surface area (Å²) in [6.45, 7) is 12.7. The van der Waals surface area contributed by atoms with E-state index in [2.05, 4.69) is 32.6 Å². The zero-order valence-electron chi connectivity index (χ0n) is 13.9. The number of carbonyl (C=O) groups excluding carboxylic acids is 1. The first-order valence-corrected chi connectivity index (χ1v) is 7.81. The normalized spacial score (nSPS) is 25.6. The molecular formula is C16H31NO3. The lowest BCUT2D eigenvalue weighted by Crippen LogP contribution is -2.38. The van der Waals surface area contributed by atoms with Crippen molar-refractivity contribution < 1.29 is 14.3 Å². The highest BCUT2D eigenvalue weighted by Gasteiger charge is 2.60. The van der Waals surface area contributed by atoms with E-state index in [9.17, 15) is 4.79 Å². The molecule has 0 heterocycles. The molecule has 0 N–H and O–H groups in total. The van der Waals surface area contributed by atoms with Crippen molar-refractivity contribution in [2.24, 2.45) is 11.3 Å². The zero-order valence-corrected chi connectivity index (χ0v) is 13.9. The Morgan fingerprint density at radius 1 is 1.30 bits per heavy atom. The van der Waals surface area contributed by atoms with Crippen LogP contribution in [0.25, 0.3) is 0 Å². The van der Waals surface area contributed by atoms with Crippen LogP contribution in [0.5, 0.6) is 0 Å². The smallest absolute Gasteiger partial charge is 0.314 e. The summed E-state index contributed by atoms with van der Waals surface area (Å²) in [5.41, 5.74) is -0.371. The fraction of sp³-hybridized carbons (Fsp3) is 0.938. The van der Waals surface area contributed by atoms with Crippen molar-refractivity contribution in [2.45, 2.75) is 59.5 Å². The third-order valence-corrected chi connectivity index (χ3v) is 4.38. The number of rotatable bonds is 9. The van der Waals surface area contributed by atoms with Crippen LogP contribution in [-0.2, 0) is 14.3 Å². The molecule has 0 aromatic carbocycles. The van der Waals surface area contributed by atoms with Crippen LogP contribution in [0, 0.1) is 11.3 Å². The summed E-state index contributed by atoms with van der Waals surface area (Å²) < 4.78 is 10.5. The topological polar surface area (TPSA) is 38.8 Å². The van der Waals surface area contributed by atoms with Gasteiger partial charge in [-0.2, -0.15) is 0 Å². The highest BCUT2D eigenvalue weighted by Crippen LogP contribution is 2.55. The van der Waals surface area contributed by atoms with Crippen LogP contribution < -0.4 is 0 Å². The highest BCUT2D eigenvalue weighted by atomic mass is 16.5. The van der Waals surface area contributed by atoms with E-state index >= 15 is 0 Å². The minimum Gasteiger partial charge on any atom is -0.465 e. The summed E-state index contributed by atoms with van der Waals surface area (Å²) in [4.78, 5) is 14.6. The molecule has 0 amide bonds. The lowest BCUT2D eigenvalue weighted by Gasteiger charge is -2.30. The van der Waals surface area contributed by atoms with Gasteiger partial charge in [0, 0.05) is 19.2 Å². The van der Waals surface area contributed by atoms with Gasteiger partial charge in [-0.05, 0) is 59.9 Å². The maximum atomic E-state index is 12.1. The van der Waals surface area contributed by atoms with Crippen LogP contribution in [0.15, 0.2) is 0 Å². The van der Waals surface area contributed by atoms with Crippen molar-refractivity contribution in [1.29, 1.82) is 0 Å². The van der Waals surface area contributed by atoms with Crippen LogP contribution in [0.1, 0.15) is 47.5 Å². The molecule has 0 aromatic rings. The van der Waals surface area contributed by atoms with Gasteiger partial charge in [-0.1, -0.05) is 0 Å². The molecule has 2 atom stereocenters. The number of nitrogens with zero attached hydrogens (tertiary/aromatic N) is 1. The Kier molecular flexibility index (Phi) is 6.46. The van der Waals surface area contributed by atoms with Crippen LogP contribution >= 0.6 is 0 Å². The van der Waals surface area contributed by atoms with E-state index < -0.39 is 0 Å². The van der Waals surface area contributed by atoms with E-state index in [0.717, 1.165) is 19.4 Å². The monoisotopic (exact) mass is 285 g/mol. The van der Waals surface area contributed by atoms with Crippen LogP contribution in [-0.4, -0.2) is 49.8 Å². The van der Waals surface area contributed by atoms with Gasteiger partial charge < -0.3 is 9.47 Å². The van der Waals surface area contributed by atoms with Crippen LogP contribution in [0.2, 0.25) is 0 Å². The fourth-order valence-electron chi connectivity index (χ4n) is 3.19. The predicted octanol–water partition coefficient (Wildman–Crippen LogP) is 2.71. The third-order valence-electron chi connectivity index (χ3n) is 4.38. The molecule has 4 nitrogen and oxygen atoms in total. The first-order valence-electron chi connectivity index (χ1n) is 7.81. The minimum atomic E-state index is -0.371. The van der Waals surface area contributed by atoms with Crippen molar-refractivity contribution in [3.05, 3.63) is 0 Å². The van der Waals surface area contributed by atoms with Gasteiger partial charge in [0.15, 0.2) is 0 Å². The number of esters is 1. The van der Waals surface area contributed by atoms with Crippen LogP contribution in [0.3, 0.4) is 0 Å². The van der Waals surface area contributed by atoms with Gasteiger partial charge in [-0.15, -0.1) is 0 Å². The molecule has 1 rings (SSSR count). The Labute approximate surface area is 123 Å². The molecule has 1 fully saturated rings. The van der Waals surface area contributed by atoms with Crippen molar-refractivity contribution in [1.82, 2.24) is 4.90 Å². The second-order valence-electron chi connectivity index (χ2n) is 6.42. The molecule has 1 aliphatic carbocycles. The summed E-state index contributed by atoms with van der Waals surface area (Å²) in [5, 5.41) is 0. The summed E-state index contributed by atoms with van der Waals surface area (Å²) in [6.07, 6.45) is 1.95. The molecule has 0 aromatic heterocycles. The molecule has 0 saturated heterocycles. The van der Waals surface area contributed by atoms with E-state index in [4.69, 9.17) is 9.47 Å². The van der Waals surface area contributed by atoms with Gasteiger partial charge in [0.1, 0.15) is 0 Å². The molecule has 20 heavy (non-hydrogen) atoms. The van der Waals surface area contributed by atoms with Crippen LogP contribution in [0.4, 0.5) is 0 Å². The van der Waals surface area contributed by atoms with Crippen molar-refractivity contribution in [2.75, 3.05) is 26.9 Å². The van der Waals surface area contributed by atoms with Crippen molar-refractivity contribution in [3.63, 3.8) is 0 Å². The summed E-state index contributed by atoms with van der Waals surface area (Å²) in [6, 6.07) is 1.07. The van der Waals surface area contributed by atoms with Gasteiger partial charge in [0.05, 0.1) is 18.6 Å². The van der Waals surface area contributed by atoms with E-state index in [1.165, 1.54) is 0 Å². The van der Waals surface area contributed by atoms with Gasteiger partial charge in [-0.25, -0.2) is 0 Å². The maximum Gasteiger partial charge on any atom is 0.314 e. The third kappa shape index (κ3) is 3.95. The summed E-state index contributed by atoms with van der Waals surface area (Å²) in [7, 11) is 1.66. The zero-order chi connectivity index (χ0) is 15.3. The Bertz CT molecular complexity index is 309. The predicted molar refractivity (Wildman–Crippen MR) is 80.6 cm³/mol. The average molecular weight is 285 g/mol. The standard InChI is InChI=1S/C16H31NO3/c1-7-20-15(18)16(11-19-6)10-14(16)8-9-17(12(2)3)13(4)5/h12-14H,7-11H2,1-6H3. The Hall–Kier alpha value is -0.610. The van der Waals surface area contributed by atoms with Crippen molar-refractivity contribution in [3.8, 4) is 0 Å². The molecule has 2 unspecified atom stereocenters. The maximum absolute atomic E-state index is 12.1. The summed E-state index contributed by atoms with van der Waals surface area (Å²) >= 11 is 0. The average Bonchev–Trinajstić information content (AvgIpc) is 3.04. The molecule has 118 valence electrons. The molecule has 1 aliphatic rings. The Balaban J connectivity index is 2.55. The van der Waals surface area contributed by atoms with Crippen molar-refractivity contribution >= 4 is 5.97 Å². The quantitative estimate of drug-likeness (QED) is 0.611. The number of ether oxygens (including phenoxy) is 2.